The lowest BCUT2D eigenvalue weighted by atomic mass is 10.1. The van der Waals surface area contributed by atoms with Gasteiger partial charge in [0.05, 0.1) is 11.6 Å². The summed E-state index contributed by atoms with van der Waals surface area (Å²) >= 11 is 0. The van der Waals surface area contributed by atoms with Crippen LogP contribution in [-0.2, 0) is 7.05 Å². The summed E-state index contributed by atoms with van der Waals surface area (Å²) in [5.74, 6) is 0.793. The summed E-state index contributed by atoms with van der Waals surface area (Å²) < 4.78 is 15.8. The first-order valence-corrected chi connectivity index (χ1v) is 8.51. The highest BCUT2D eigenvalue weighted by Gasteiger charge is 2.25. The minimum absolute atomic E-state index is 0.0622. The third-order valence-electron chi connectivity index (χ3n) is 5.03. The van der Waals surface area contributed by atoms with Crippen LogP contribution < -0.4 is 4.90 Å². The fourth-order valence-electron chi connectivity index (χ4n) is 3.53. The molecule has 3 heterocycles. The maximum Gasteiger partial charge on any atom is 0.163 e. The second-order valence-electron chi connectivity index (χ2n) is 6.42. The van der Waals surface area contributed by atoms with E-state index in [-0.39, 0.29) is 11.9 Å². The Morgan fingerprint density at radius 3 is 2.60 bits per heavy atom. The van der Waals surface area contributed by atoms with E-state index < -0.39 is 0 Å². The van der Waals surface area contributed by atoms with Crippen molar-refractivity contribution in [1.29, 1.82) is 0 Å². The first kappa shape index (κ1) is 16.0. The second kappa shape index (κ2) is 6.40. The molecule has 4 rings (SSSR count). The first-order valence-electron chi connectivity index (χ1n) is 8.51. The van der Waals surface area contributed by atoms with Gasteiger partial charge in [0.15, 0.2) is 5.65 Å². The highest BCUT2D eigenvalue weighted by molar-refractivity contribution is 5.86. The van der Waals surface area contributed by atoms with Crippen LogP contribution in [-0.4, -0.2) is 50.8 Å². The number of benzene rings is 1. The van der Waals surface area contributed by atoms with E-state index in [1.54, 1.807) is 17.1 Å². The summed E-state index contributed by atoms with van der Waals surface area (Å²) in [5, 5.41) is 5.25. The van der Waals surface area contributed by atoms with Gasteiger partial charge in [-0.1, -0.05) is 18.2 Å². The van der Waals surface area contributed by atoms with Crippen molar-refractivity contribution in [1.82, 2.24) is 24.6 Å². The minimum atomic E-state index is -0.134. The molecule has 6 nitrogen and oxygen atoms in total. The standard InChI is InChI=1S/C18H21FN6/c1-13(14-5-3-4-6-16(14)19)24-7-9-25(10-8-24)18-15-11-22-23(2)17(15)20-12-21-18/h3-6,11-13H,7-10H2,1-2H3/t13-/m0/s1. The number of halogens is 1. The molecule has 1 saturated heterocycles. The molecule has 0 amide bonds. The average molecular weight is 340 g/mol. The lowest BCUT2D eigenvalue weighted by molar-refractivity contribution is 0.195. The van der Waals surface area contributed by atoms with Crippen molar-refractivity contribution < 1.29 is 4.39 Å². The highest BCUT2D eigenvalue weighted by Crippen LogP contribution is 2.27. The van der Waals surface area contributed by atoms with Crippen LogP contribution >= 0.6 is 0 Å². The van der Waals surface area contributed by atoms with Crippen LogP contribution in [0.2, 0.25) is 0 Å². The van der Waals surface area contributed by atoms with Crippen LogP contribution in [0.3, 0.4) is 0 Å². The van der Waals surface area contributed by atoms with Gasteiger partial charge in [0.1, 0.15) is 18.0 Å². The number of rotatable bonds is 3. The molecule has 0 spiro atoms. The molecule has 130 valence electrons. The summed E-state index contributed by atoms with van der Waals surface area (Å²) in [5.41, 5.74) is 1.60. The smallest absolute Gasteiger partial charge is 0.163 e. The predicted octanol–water partition coefficient (Wildman–Crippen LogP) is 2.39. The Balaban J connectivity index is 1.50. The maximum absolute atomic E-state index is 14.1. The average Bonchev–Trinajstić information content (AvgIpc) is 3.03. The lowest BCUT2D eigenvalue weighted by Gasteiger charge is -2.38. The van der Waals surface area contributed by atoms with E-state index in [2.05, 4.69) is 31.8 Å². The summed E-state index contributed by atoms with van der Waals surface area (Å²) in [4.78, 5) is 13.3. The van der Waals surface area contributed by atoms with Gasteiger partial charge >= 0.3 is 0 Å². The molecule has 0 bridgehead atoms. The number of aryl methyl sites for hydroxylation is 1. The molecule has 0 saturated carbocycles. The SMILES string of the molecule is C[C@@H](c1ccccc1F)N1CCN(c2ncnc3c2cnn3C)CC1. The van der Waals surface area contributed by atoms with Crippen LogP contribution in [0.15, 0.2) is 36.8 Å². The Morgan fingerprint density at radius 2 is 1.84 bits per heavy atom. The summed E-state index contributed by atoms with van der Waals surface area (Å²) in [6, 6.07) is 7.09. The molecule has 0 radical (unpaired) electrons. The quantitative estimate of drug-likeness (QED) is 0.733. The van der Waals surface area contributed by atoms with Gasteiger partial charge in [0.2, 0.25) is 0 Å². The molecule has 0 unspecified atom stereocenters. The van der Waals surface area contributed by atoms with Gasteiger partial charge in [-0.05, 0) is 13.0 Å². The molecule has 1 aliphatic heterocycles. The van der Waals surface area contributed by atoms with E-state index in [0.717, 1.165) is 48.6 Å². The Hall–Kier alpha value is -2.54. The van der Waals surface area contributed by atoms with Gasteiger partial charge in [0.25, 0.3) is 0 Å². The Morgan fingerprint density at radius 1 is 1.08 bits per heavy atom. The molecule has 0 N–H and O–H groups in total. The van der Waals surface area contributed by atoms with E-state index in [9.17, 15) is 4.39 Å². The van der Waals surface area contributed by atoms with Crippen LogP contribution in [0.5, 0.6) is 0 Å². The van der Waals surface area contributed by atoms with Crippen molar-refractivity contribution in [2.24, 2.45) is 7.05 Å². The van der Waals surface area contributed by atoms with Gasteiger partial charge in [0, 0.05) is 44.8 Å². The normalized spacial score (nSPS) is 17.2. The summed E-state index contributed by atoms with van der Waals surface area (Å²) in [6.07, 6.45) is 3.41. The number of fused-ring (bicyclic) bond motifs is 1. The summed E-state index contributed by atoms with van der Waals surface area (Å²) in [6.45, 7) is 5.49. The molecule has 2 aromatic heterocycles. The molecule has 1 aliphatic rings. The van der Waals surface area contributed by atoms with Crippen LogP contribution in [0.1, 0.15) is 18.5 Å². The second-order valence-corrected chi connectivity index (χ2v) is 6.42. The Bertz CT molecular complexity index is 884. The fourth-order valence-corrected chi connectivity index (χ4v) is 3.53. The largest absolute Gasteiger partial charge is 0.353 e. The van der Waals surface area contributed by atoms with Crippen molar-refractivity contribution >= 4 is 16.9 Å². The number of hydrogen-bond donors (Lipinski definition) is 0. The monoisotopic (exact) mass is 340 g/mol. The third-order valence-corrected chi connectivity index (χ3v) is 5.03. The molecular formula is C18H21FN6. The maximum atomic E-state index is 14.1. The fraction of sp³-hybridized carbons (Fsp3) is 0.389. The van der Waals surface area contributed by atoms with Crippen molar-refractivity contribution in [2.45, 2.75) is 13.0 Å². The molecule has 1 fully saturated rings. The van der Waals surface area contributed by atoms with Crippen molar-refractivity contribution in [3.05, 3.63) is 48.2 Å². The van der Waals surface area contributed by atoms with E-state index >= 15 is 0 Å². The Kier molecular flexibility index (Phi) is 4.09. The van der Waals surface area contributed by atoms with Gasteiger partial charge < -0.3 is 4.90 Å². The minimum Gasteiger partial charge on any atom is -0.353 e. The van der Waals surface area contributed by atoms with E-state index in [0.29, 0.717) is 0 Å². The zero-order chi connectivity index (χ0) is 17.4. The van der Waals surface area contributed by atoms with Crippen LogP contribution in [0.25, 0.3) is 11.0 Å². The molecular weight excluding hydrogens is 319 g/mol. The van der Waals surface area contributed by atoms with Crippen LogP contribution in [0, 0.1) is 5.82 Å². The molecule has 7 heteroatoms. The topological polar surface area (TPSA) is 50.1 Å². The molecule has 0 aliphatic carbocycles. The van der Waals surface area contributed by atoms with E-state index in [1.165, 1.54) is 6.07 Å². The number of nitrogens with zero attached hydrogens (tertiary/aromatic N) is 6. The zero-order valence-corrected chi connectivity index (χ0v) is 14.4. The zero-order valence-electron chi connectivity index (χ0n) is 14.4. The lowest BCUT2D eigenvalue weighted by Crippen LogP contribution is -2.47. The van der Waals surface area contributed by atoms with Gasteiger partial charge in [-0.15, -0.1) is 0 Å². The van der Waals surface area contributed by atoms with Gasteiger partial charge in [-0.3, -0.25) is 9.58 Å². The van der Waals surface area contributed by atoms with Gasteiger partial charge in [-0.2, -0.15) is 5.10 Å². The molecule has 3 aromatic rings. The number of hydrogen-bond acceptors (Lipinski definition) is 5. The molecule has 1 aromatic carbocycles. The number of aromatic nitrogens is 4. The van der Waals surface area contributed by atoms with Gasteiger partial charge in [-0.25, -0.2) is 14.4 Å². The van der Waals surface area contributed by atoms with Crippen LogP contribution in [0.4, 0.5) is 10.2 Å². The van der Waals surface area contributed by atoms with E-state index in [4.69, 9.17) is 0 Å². The Labute approximate surface area is 145 Å². The summed E-state index contributed by atoms with van der Waals surface area (Å²) in [7, 11) is 1.88. The van der Waals surface area contributed by atoms with Crippen molar-refractivity contribution in [3.63, 3.8) is 0 Å². The molecule has 1 atom stereocenters. The number of piperazine rings is 1. The predicted molar refractivity (Wildman–Crippen MR) is 94.9 cm³/mol. The number of anilines is 1. The van der Waals surface area contributed by atoms with Crippen molar-refractivity contribution in [3.8, 4) is 0 Å². The van der Waals surface area contributed by atoms with Crippen molar-refractivity contribution in [2.75, 3.05) is 31.1 Å². The third kappa shape index (κ3) is 2.84. The van der Waals surface area contributed by atoms with E-state index in [1.807, 2.05) is 25.4 Å². The first-order chi connectivity index (χ1) is 12.1. The molecule has 25 heavy (non-hydrogen) atoms. The highest BCUT2D eigenvalue weighted by atomic mass is 19.1.